The molecule has 4 nitrogen and oxygen atoms in total. The van der Waals surface area contributed by atoms with Gasteiger partial charge in [0.25, 0.3) is 0 Å². The van der Waals surface area contributed by atoms with Crippen LogP contribution in [0.15, 0.2) is 41.4 Å². The minimum atomic E-state index is -2.82. The second-order valence-corrected chi connectivity index (χ2v) is 6.19. The minimum Gasteiger partial charge on any atom is -0.435 e. The summed E-state index contributed by atoms with van der Waals surface area (Å²) in [5.74, 6) is 0.799. The molecule has 0 radical (unpaired) electrons. The van der Waals surface area contributed by atoms with Crippen LogP contribution in [-0.4, -0.2) is 19.6 Å². The molecule has 0 saturated heterocycles. The molecule has 0 saturated carbocycles. The number of halogens is 3. The Bertz CT molecular complexity index is 664. The number of hydrogen-bond acceptors (Lipinski definition) is 3. The Morgan fingerprint density at radius 3 is 2.58 bits per heavy atom. The minimum absolute atomic E-state index is 0. The number of thiophene rings is 1. The summed E-state index contributed by atoms with van der Waals surface area (Å²) in [6.07, 6.45) is 0. The fraction of sp³-hybridized carbons (Fsp3) is 0.312. The Labute approximate surface area is 161 Å². The van der Waals surface area contributed by atoms with E-state index in [9.17, 15) is 8.78 Å². The highest BCUT2D eigenvalue weighted by Gasteiger charge is 2.05. The number of guanidine groups is 1. The summed E-state index contributed by atoms with van der Waals surface area (Å²) >= 11 is 1.73. The molecule has 0 unspecified atom stereocenters. The van der Waals surface area contributed by atoms with Gasteiger partial charge in [-0.25, -0.2) is 0 Å². The highest BCUT2D eigenvalue weighted by molar-refractivity contribution is 14.0. The molecule has 8 heteroatoms. The standard InChI is InChI=1S/C16H19F2N3OS.HI/c1-11-6-7-14(23-11)10-21-16(19-2)20-9-12-4-3-5-13(8-12)22-15(17)18;/h3-8,15H,9-10H2,1-2H3,(H2,19,20,21);1H. The van der Waals surface area contributed by atoms with E-state index in [0.29, 0.717) is 19.0 Å². The van der Waals surface area contributed by atoms with Crippen LogP contribution in [0.5, 0.6) is 5.75 Å². The van der Waals surface area contributed by atoms with Crippen LogP contribution in [0.1, 0.15) is 15.3 Å². The van der Waals surface area contributed by atoms with E-state index in [4.69, 9.17) is 0 Å². The van der Waals surface area contributed by atoms with E-state index < -0.39 is 6.61 Å². The van der Waals surface area contributed by atoms with E-state index in [2.05, 4.69) is 39.4 Å². The molecule has 2 aromatic rings. The Balaban J connectivity index is 0.00000288. The molecule has 2 N–H and O–H groups in total. The maximum atomic E-state index is 12.2. The van der Waals surface area contributed by atoms with Gasteiger partial charge in [0, 0.05) is 23.3 Å². The first-order valence-electron chi connectivity index (χ1n) is 7.10. The fourth-order valence-corrected chi connectivity index (χ4v) is 2.82. The monoisotopic (exact) mass is 467 g/mol. The molecule has 0 bridgehead atoms. The van der Waals surface area contributed by atoms with Crippen molar-refractivity contribution < 1.29 is 13.5 Å². The van der Waals surface area contributed by atoms with Crippen molar-refractivity contribution in [2.45, 2.75) is 26.6 Å². The first-order chi connectivity index (χ1) is 11.1. The average molecular weight is 467 g/mol. The summed E-state index contributed by atoms with van der Waals surface area (Å²) in [6.45, 7) is 0.397. The van der Waals surface area contributed by atoms with E-state index in [1.54, 1.807) is 30.5 Å². The van der Waals surface area contributed by atoms with Crippen LogP contribution in [0.4, 0.5) is 8.78 Å². The SMILES string of the molecule is CN=C(NCc1cccc(OC(F)F)c1)NCc1ccc(C)s1.I. The van der Waals surface area contributed by atoms with Gasteiger partial charge in [0.1, 0.15) is 5.75 Å². The molecule has 132 valence electrons. The Kier molecular flexibility index (Phi) is 8.98. The largest absolute Gasteiger partial charge is 0.435 e. The molecule has 0 spiro atoms. The van der Waals surface area contributed by atoms with E-state index in [1.807, 2.05) is 6.07 Å². The topological polar surface area (TPSA) is 45.7 Å². The molecule has 1 aromatic heterocycles. The molecule has 0 atom stereocenters. The molecular formula is C16H20F2IN3OS. The van der Waals surface area contributed by atoms with Crippen LogP contribution in [-0.2, 0) is 13.1 Å². The Hall–Kier alpha value is -1.42. The fourth-order valence-electron chi connectivity index (χ4n) is 1.99. The van der Waals surface area contributed by atoms with Crippen molar-refractivity contribution in [1.29, 1.82) is 0 Å². The lowest BCUT2D eigenvalue weighted by Crippen LogP contribution is -2.36. The van der Waals surface area contributed by atoms with Crippen molar-refractivity contribution in [3.05, 3.63) is 51.7 Å². The lowest BCUT2D eigenvalue weighted by molar-refractivity contribution is -0.0498. The summed E-state index contributed by atoms with van der Waals surface area (Å²) < 4.78 is 28.8. The predicted molar refractivity (Wildman–Crippen MR) is 105 cm³/mol. The lowest BCUT2D eigenvalue weighted by Gasteiger charge is -2.12. The Morgan fingerprint density at radius 1 is 1.21 bits per heavy atom. The highest BCUT2D eigenvalue weighted by Crippen LogP contribution is 2.16. The average Bonchev–Trinajstić information content (AvgIpc) is 2.93. The zero-order valence-electron chi connectivity index (χ0n) is 13.4. The molecule has 24 heavy (non-hydrogen) atoms. The van der Waals surface area contributed by atoms with Gasteiger partial charge in [-0.05, 0) is 36.8 Å². The maximum Gasteiger partial charge on any atom is 0.387 e. The van der Waals surface area contributed by atoms with Crippen LogP contribution in [0, 0.1) is 6.92 Å². The number of hydrogen-bond donors (Lipinski definition) is 2. The van der Waals surface area contributed by atoms with E-state index >= 15 is 0 Å². The van der Waals surface area contributed by atoms with Crippen molar-refractivity contribution >= 4 is 41.3 Å². The number of benzene rings is 1. The zero-order chi connectivity index (χ0) is 16.7. The molecular weight excluding hydrogens is 447 g/mol. The van der Waals surface area contributed by atoms with Crippen LogP contribution < -0.4 is 15.4 Å². The smallest absolute Gasteiger partial charge is 0.387 e. The summed E-state index contributed by atoms with van der Waals surface area (Å²) in [7, 11) is 1.69. The lowest BCUT2D eigenvalue weighted by atomic mass is 10.2. The van der Waals surface area contributed by atoms with Crippen LogP contribution >= 0.6 is 35.3 Å². The van der Waals surface area contributed by atoms with Gasteiger partial charge < -0.3 is 15.4 Å². The summed E-state index contributed by atoms with van der Waals surface area (Å²) in [5.41, 5.74) is 0.832. The van der Waals surface area contributed by atoms with Gasteiger partial charge in [-0.3, -0.25) is 4.99 Å². The zero-order valence-corrected chi connectivity index (χ0v) is 16.5. The number of alkyl halides is 2. The van der Waals surface area contributed by atoms with E-state index in [0.717, 1.165) is 5.56 Å². The summed E-state index contributed by atoms with van der Waals surface area (Å²) in [5, 5.41) is 6.36. The van der Waals surface area contributed by atoms with Crippen LogP contribution in [0.2, 0.25) is 0 Å². The number of ether oxygens (including phenoxy) is 1. The van der Waals surface area contributed by atoms with Gasteiger partial charge in [-0.15, -0.1) is 35.3 Å². The first kappa shape index (κ1) is 20.6. The van der Waals surface area contributed by atoms with Crippen molar-refractivity contribution in [2.75, 3.05) is 7.05 Å². The van der Waals surface area contributed by atoms with E-state index in [-0.39, 0.29) is 29.7 Å². The van der Waals surface area contributed by atoms with Crippen molar-refractivity contribution in [3.63, 3.8) is 0 Å². The normalized spacial score (nSPS) is 11.1. The second-order valence-electron chi connectivity index (χ2n) is 4.82. The summed E-state index contributed by atoms with van der Waals surface area (Å²) in [6, 6.07) is 10.7. The van der Waals surface area contributed by atoms with Gasteiger partial charge in [-0.2, -0.15) is 8.78 Å². The predicted octanol–water partition coefficient (Wildman–Crippen LogP) is 4.14. The van der Waals surface area contributed by atoms with Crippen LogP contribution in [0.25, 0.3) is 0 Å². The number of rotatable bonds is 6. The third-order valence-corrected chi connectivity index (χ3v) is 4.03. The van der Waals surface area contributed by atoms with E-state index in [1.165, 1.54) is 15.8 Å². The molecule has 0 fully saturated rings. The number of nitrogens with zero attached hydrogens (tertiary/aromatic N) is 1. The van der Waals surface area contributed by atoms with Gasteiger partial charge >= 0.3 is 6.61 Å². The van der Waals surface area contributed by atoms with Gasteiger partial charge in [0.15, 0.2) is 5.96 Å². The van der Waals surface area contributed by atoms with Gasteiger partial charge in [0.2, 0.25) is 0 Å². The Morgan fingerprint density at radius 2 is 1.96 bits per heavy atom. The first-order valence-corrected chi connectivity index (χ1v) is 7.92. The highest BCUT2D eigenvalue weighted by atomic mass is 127. The van der Waals surface area contributed by atoms with Crippen molar-refractivity contribution in [2.24, 2.45) is 4.99 Å². The van der Waals surface area contributed by atoms with Gasteiger partial charge in [-0.1, -0.05) is 12.1 Å². The van der Waals surface area contributed by atoms with Crippen molar-refractivity contribution in [3.8, 4) is 5.75 Å². The second kappa shape index (κ2) is 10.4. The number of aliphatic imine (C=N–C) groups is 1. The molecule has 2 rings (SSSR count). The molecule has 0 aliphatic carbocycles. The van der Waals surface area contributed by atoms with Crippen molar-refractivity contribution in [1.82, 2.24) is 10.6 Å². The molecule has 1 heterocycles. The third kappa shape index (κ3) is 7.00. The molecule has 0 amide bonds. The molecule has 0 aliphatic heterocycles. The van der Waals surface area contributed by atoms with Gasteiger partial charge in [0.05, 0.1) is 6.54 Å². The molecule has 1 aromatic carbocycles. The molecule has 0 aliphatic rings. The summed E-state index contributed by atoms with van der Waals surface area (Å²) in [4.78, 5) is 6.63. The van der Waals surface area contributed by atoms with Crippen LogP contribution in [0.3, 0.4) is 0 Å². The maximum absolute atomic E-state index is 12.2. The quantitative estimate of drug-likeness (QED) is 0.382. The third-order valence-electron chi connectivity index (χ3n) is 3.03. The number of nitrogens with one attached hydrogen (secondary N) is 2. The number of aryl methyl sites for hydroxylation is 1.